The SMILES string of the molecule is Cc1ccccc1N(C)S(=O)(=O)c1cc(Br)ccc1C. The molecule has 2 aromatic carbocycles. The normalized spacial score (nSPS) is 11.4. The number of anilines is 1. The first-order valence-corrected chi connectivity index (χ1v) is 8.38. The Bertz CT molecular complexity index is 741. The molecular formula is C15H16BrNO2S. The topological polar surface area (TPSA) is 37.4 Å². The molecule has 2 aromatic rings. The van der Waals surface area contributed by atoms with E-state index in [2.05, 4.69) is 15.9 Å². The van der Waals surface area contributed by atoms with Crippen LogP contribution in [-0.2, 0) is 10.0 Å². The molecule has 0 spiro atoms. The minimum absolute atomic E-state index is 0.317. The van der Waals surface area contributed by atoms with Crippen LogP contribution in [0, 0.1) is 13.8 Å². The fraction of sp³-hybridized carbons (Fsp3) is 0.200. The minimum Gasteiger partial charge on any atom is -0.269 e. The van der Waals surface area contributed by atoms with Crippen LogP contribution in [0.3, 0.4) is 0 Å². The van der Waals surface area contributed by atoms with Crippen molar-refractivity contribution in [2.75, 3.05) is 11.4 Å². The molecule has 0 saturated heterocycles. The summed E-state index contributed by atoms with van der Waals surface area (Å²) in [6.45, 7) is 3.69. The Morgan fingerprint density at radius 1 is 1.00 bits per heavy atom. The van der Waals surface area contributed by atoms with Crippen LogP contribution in [0.2, 0.25) is 0 Å². The second-order valence-corrected chi connectivity index (χ2v) is 7.52. The van der Waals surface area contributed by atoms with Gasteiger partial charge in [0.15, 0.2) is 0 Å². The summed E-state index contributed by atoms with van der Waals surface area (Å²) in [5, 5.41) is 0. The Morgan fingerprint density at radius 2 is 1.65 bits per heavy atom. The molecule has 3 nitrogen and oxygen atoms in total. The summed E-state index contributed by atoms with van der Waals surface area (Å²) in [5.74, 6) is 0. The van der Waals surface area contributed by atoms with E-state index >= 15 is 0 Å². The first kappa shape index (κ1) is 15.1. The van der Waals surface area contributed by atoms with E-state index in [-0.39, 0.29) is 0 Å². The van der Waals surface area contributed by atoms with E-state index in [4.69, 9.17) is 0 Å². The Hall–Kier alpha value is -1.33. The van der Waals surface area contributed by atoms with Crippen LogP contribution in [0.1, 0.15) is 11.1 Å². The maximum Gasteiger partial charge on any atom is 0.264 e. The molecule has 0 N–H and O–H groups in total. The van der Waals surface area contributed by atoms with Crippen molar-refractivity contribution in [3.8, 4) is 0 Å². The monoisotopic (exact) mass is 353 g/mol. The highest BCUT2D eigenvalue weighted by atomic mass is 79.9. The number of hydrogen-bond acceptors (Lipinski definition) is 2. The lowest BCUT2D eigenvalue weighted by atomic mass is 10.2. The van der Waals surface area contributed by atoms with Crippen LogP contribution < -0.4 is 4.31 Å². The number of sulfonamides is 1. The Morgan fingerprint density at radius 3 is 2.30 bits per heavy atom. The number of nitrogens with zero attached hydrogens (tertiary/aromatic N) is 1. The van der Waals surface area contributed by atoms with Crippen LogP contribution in [0.25, 0.3) is 0 Å². The minimum atomic E-state index is -3.56. The van der Waals surface area contributed by atoms with E-state index in [1.807, 2.05) is 31.2 Å². The van der Waals surface area contributed by atoms with Crippen LogP contribution in [-0.4, -0.2) is 15.5 Å². The third-order valence-corrected chi connectivity index (χ3v) is 5.65. The van der Waals surface area contributed by atoms with Crippen LogP contribution in [0.5, 0.6) is 0 Å². The number of hydrogen-bond donors (Lipinski definition) is 0. The maximum atomic E-state index is 12.8. The van der Waals surface area contributed by atoms with Gasteiger partial charge in [0.05, 0.1) is 10.6 Å². The molecule has 5 heteroatoms. The number of rotatable bonds is 3. The third kappa shape index (κ3) is 2.74. The standard InChI is InChI=1S/C15H16BrNO2S/c1-11-6-4-5-7-14(11)17(3)20(18,19)15-10-13(16)9-8-12(15)2/h4-10H,1-3H3. The molecule has 0 atom stereocenters. The van der Waals surface area contributed by atoms with Crippen molar-refractivity contribution in [1.82, 2.24) is 0 Å². The summed E-state index contributed by atoms with van der Waals surface area (Å²) in [4.78, 5) is 0.317. The molecule has 0 unspecified atom stereocenters. The average Bonchev–Trinajstić information content (AvgIpc) is 2.41. The molecule has 0 heterocycles. The van der Waals surface area contributed by atoms with Gasteiger partial charge in [0.1, 0.15) is 0 Å². The second-order valence-electron chi connectivity index (χ2n) is 4.67. The zero-order valence-corrected chi connectivity index (χ0v) is 14.0. The second kappa shape index (κ2) is 5.58. The van der Waals surface area contributed by atoms with Gasteiger partial charge in [-0.25, -0.2) is 8.42 Å². The van der Waals surface area contributed by atoms with Crippen molar-refractivity contribution >= 4 is 31.6 Å². The van der Waals surface area contributed by atoms with E-state index in [1.165, 1.54) is 4.31 Å². The highest BCUT2D eigenvalue weighted by molar-refractivity contribution is 9.10. The quantitative estimate of drug-likeness (QED) is 0.839. The van der Waals surface area contributed by atoms with Gasteiger partial charge in [0.25, 0.3) is 10.0 Å². The first-order valence-electron chi connectivity index (χ1n) is 6.15. The van der Waals surface area contributed by atoms with Gasteiger partial charge in [-0.1, -0.05) is 40.2 Å². The van der Waals surface area contributed by atoms with E-state index in [1.54, 1.807) is 32.2 Å². The fourth-order valence-corrected chi connectivity index (χ4v) is 4.07. The molecule has 0 saturated carbocycles. The Kier molecular flexibility index (Phi) is 4.20. The van der Waals surface area contributed by atoms with E-state index in [0.717, 1.165) is 15.6 Å². The van der Waals surface area contributed by atoms with Crippen LogP contribution >= 0.6 is 15.9 Å². The summed E-state index contributed by atoms with van der Waals surface area (Å²) in [5.41, 5.74) is 2.34. The smallest absolute Gasteiger partial charge is 0.264 e. The lowest BCUT2D eigenvalue weighted by molar-refractivity contribution is 0.593. The summed E-state index contributed by atoms with van der Waals surface area (Å²) in [6, 6.07) is 12.7. The van der Waals surface area contributed by atoms with Gasteiger partial charge in [-0.2, -0.15) is 0 Å². The zero-order chi connectivity index (χ0) is 14.9. The van der Waals surface area contributed by atoms with Crippen molar-refractivity contribution in [3.63, 3.8) is 0 Å². The predicted molar refractivity (Wildman–Crippen MR) is 85.6 cm³/mol. The van der Waals surface area contributed by atoms with Gasteiger partial charge < -0.3 is 0 Å². The molecule has 0 aliphatic heterocycles. The lowest BCUT2D eigenvalue weighted by Crippen LogP contribution is -2.27. The van der Waals surface area contributed by atoms with E-state index in [9.17, 15) is 8.42 Å². The average molecular weight is 354 g/mol. The van der Waals surface area contributed by atoms with E-state index in [0.29, 0.717) is 10.6 Å². The third-order valence-electron chi connectivity index (χ3n) is 3.24. The maximum absolute atomic E-state index is 12.8. The van der Waals surface area contributed by atoms with Crippen molar-refractivity contribution in [1.29, 1.82) is 0 Å². The van der Waals surface area contributed by atoms with Crippen molar-refractivity contribution in [2.24, 2.45) is 0 Å². The lowest BCUT2D eigenvalue weighted by Gasteiger charge is -2.22. The van der Waals surface area contributed by atoms with Crippen molar-refractivity contribution < 1.29 is 8.42 Å². The summed E-state index contributed by atoms with van der Waals surface area (Å²) >= 11 is 3.33. The fourth-order valence-electron chi connectivity index (χ4n) is 2.05. The zero-order valence-electron chi connectivity index (χ0n) is 11.6. The number of halogens is 1. The highest BCUT2D eigenvalue weighted by Crippen LogP contribution is 2.28. The molecule has 0 bridgehead atoms. The van der Waals surface area contributed by atoms with Gasteiger partial charge in [-0.05, 0) is 43.2 Å². The number of benzene rings is 2. The first-order chi connectivity index (χ1) is 9.34. The van der Waals surface area contributed by atoms with Crippen LogP contribution in [0.4, 0.5) is 5.69 Å². The molecule has 0 amide bonds. The summed E-state index contributed by atoms with van der Waals surface area (Å²) < 4.78 is 27.6. The van der Waals surface area contributed by atoms with Gasteiger partial charge >= 0.3 is 0 Å². The number of aryl methyl sites for hydroxylation is 2. The number of para-hydroxylation sites is 1. The van der Waals surface area contributed by atoms with Gasteiger partial charge in [-0.3, -0.25) is 4.31 Å². The molecular weight excluding hydrogens is 338 g/mol. The Labute approximate surface area is 128 Å². The van der Waals surface area contributed by atoms with Gasteiger partial charge in [0.2, 0.25) is 0 Å². The van der Waals surface area contributed by atoms with Crippen molar-refractivity contribution in [2.45, 2.75) is 18.7 Å². The molecule has 0 aliphatic carbocycles. The van der Waals surface area contributed by atoms with Crippen molar-refractivity contribution in [3.05, 3.63) is 58.1 Å². The summed E-state index contributed by atoms with van der Waals surface area (Å²) in [7, 11) is -1.98. The molecule has 0 fully saturated rings. The Balaban J connectivity index is 2.56. The summed E-state index contributed by atoms with van der Waals surface area (Å²) in [6.07, 6.45) is 0. The largest absolute Gasteiger partial charge is 0.269 e. The molecule has 0 aromatic heterocycles. The molecule has 20 heavy (non-hydrogen) atoms. The van der Waals surface area contributed by atoms with Crippen LogP contribution in [0.15, 0.2) is 51.8 Å². The molecule has 2 rings (SSSR count). The van der Waals surface area contributed by atoms with E-state index < -0.39 is 10.0 Å². The highest BCUT2D eigenvalue weighted by Gasteiger charge is 2.24. The van der Waals surface area contributed by atoms with Gasteiger partial charge in [0, 0.05) is 11.5 Å². The molecule has 106 valence electrons. The van der Waals surface area contributed by atoms with Gasteiger partial charge in [-0.15, -0.1) is 0 Å². The molecule has 0 aliphatic rings. The molecule has 0 radical (unpaired) electrons. The predicted octanol–water partition coefficient (Wildman–Crippen LogP) is 3.89.